The molecule has 22 heavy (non-hydrogen) atoms. The first kappa shape index (κ1) is 15.8. The molecular weight excluding hydrogens is 274 g/mol. The zero-order valence-corrected chi connectivity index (χ0v) is 14.3. The summed E-state index contributed by atoms with van der Waals surface area (Å²) in [5.41, 5.74) is 1.49. The molecule has 4 atom stereocenters. The zero-order valence-electron chi connectivity index (χ0n) is 14.3. The number of hydrogen-bond donors (Lipinski definition) is 1. The van der Waals surface area contributed by atoms with Crippen molar-refractivity contribution < 1.29 is 9.84 Å². The van der Waals surface area contributed by atoms with Gasteiger partial charge in [-0.3, -0.25) is 0 Å². The topological polar surface area (TPSA) is 32.7 Å². The largest absolute Gasteiger partial charge is 0.497 e. The lowest BCUT2D eigenvalue weighted by molar-refractivity contribution is -0.0892. The fourth-order valence-electron chi connectivity index (χ4n) is 4.79. The summed E-state index contributed by atoms with van der Waals surface area (Å²) in [6.45, 7) is 3.03. The van der Waals surface area contributed by atoms with Crippen molar-refractivity contribution >= 4 is 0 Å². The molecule has 2 saturated carbocycles. The highest BCUT2D eigenvalue weighted by molar-refractivity contribution is 5.38. The Morgan fingerprint density at radius 2 is 2.05 bits per heavy atom. The first-order chi connectivity index (χ1) is 10.4. The van der Waals surface area contributed by atoms with Crippen LogP contribution in [0.5, 0.6) is 5.75 Å². The Labute approximate surface area is 134 Å². The Morgan fingerprint density at radius 1 is 1.27 bits per heavy atom. The summed E-state index contributed by atoms with van der Waals surface area (Å²) in [6, 6.07) is 6.22. The first-order valence-electron chi connectivity index (χ1n) is 8.45. The average molecular weight is 303 g/mol. The Hall–Kier alpha value is -1.06. The molecule has 3 unspecified atom stereocenters. The molecular formula is C19H29NO2. The van der Waals surface area contributed by atoms with Crippen LogP contribution in [0.3, 0.4) is 0 Å². The lowest BCUT2D eigenvalue weighted by Crippen LogP contribution is -2.47. The van der Waals surface area contributed by atoms with Crippen LogP contribution in [0.4, 0.5) is 0 Å². The highest BCUT2D eigenvalue weighted by Gasteiger charge is 2.51. The number of methoxy groups -OCH3 is 1. The molecule has 0 saturated heterocycles. The fraction of sp³-hybridized carbons (Fsp3) is 0.684. The monoisotopic (exact) mass is 303 g/mol. The molecule has 1 aromatic rings. The highest BCUT2D eigenvalue weighted by Crippen LogP contribution is 2.54. The van der Waals surface area contributed by atoms with Gasteiger partial charge in [0.2, 0.25) is 0 Å². The zero-order chi connectivity index (χ0) is 15.9. The lowest BCUT2D eigenvalue weighted by Gasteiger charge is -2.45. The van der Waals surface area contributed by atoms with Crippen LogP contribution in [0.1, 0.15) is 36.8 Å². The molecule has 0 aromatic heterocycles. The van der Waals surface area contributed by atoms with Crippen molar-refractivity contribution in [1.82, 2.24) is 4.90 Å². The Balaban J connectivity index is 2.02. The quantitative estimate of drug-likeness (QED) is 0.927. The molecule has 2 fully saturated rings. The van der Waals surface area contributed by atoms with Gasteiger partial charge in [-0.05, 0) is 75.4 Å². The maximum absolute atomic E-state index is 11.7. The predicted molar refractivity (Wildman–Crippen MR) is 89.1 cm³/mol. The molecule has 122 valence electrons. The van der Waals surface area contributed by atoms with Crippen molar-refractivity contribution in [2.24, 2.45) is 17.8 Å². The van der Waals surface area contributed by atoms with E-state index in [1.54, 1.807) is 7.11 Å². The van der Waals surface area contributed by atoms with Crippen LogP contribution >= 0.6 is 0 Å². The van der Waals surface area contributed by atoms with E-state index in [-0.39, 0.29) is 0 Å². The van der Waals surface area contributed by atoms with Crippen molar-refractivity contribution in [2.75, 3.05) is 27.7 Å². The second kappa shape index (κ2) is 5.86. The van der Waals surface area contributed by atoms with Gasteiger partial charge in [-0.2, -0.15) is 0 Å². The van der Waals surface area contributed by atoms with Gasteiger partial charge >= 0.3 is 0 Å². The summed E-state index contributed by atoms with van der Waals surface area (Å²) in [7, 11) is 5.92. The molecule has 0 radical (unpaired) electrons. The smallest absolute Gasteiger partial charge is 0.119 e. The molecule has 1 N–H and O–H groups in total. The van der Waals surface area contributed by atoms with E-state index in [1.165, 1.54) is 19.3 Å². The van der Waals surface area contributed by atoms with Gasteiger partial charge in [0.15, 0.2) is 0 Å². The highest BCUT2D eigenvalue weighted by atomic mass is 16.5. The molecule has 2 bridgehead atoms. The van der Waals surface area contributed by atoms with E-state index in [1.807, 2.05) is 12.1 Å². The molecule has 0 aliphatic heterocycles. The van der Waals surface area contributed by atoms with Crippen LogP contribution in [0.25, 0.3) is 0 Å². The standard InChI is InChI=1S/C19H29NO2/c1-13-7-16(10-17(8-13)22-4)19(21)11-14-5-6-15(9-14)18(19)12-20(2)3/h7-8,10,14-15,18,21H,5-6,9,11-12H2,1-4H3/t14?,15?,18?,19-/m0/s1. The Kier molecular flexibility index (Phi) is 4.21. The molecule has 0 spiro atoms. The van der Waals surface area contributed by atoms with Crippen molar-refractivity contribution in [2.45, 2.75) is 38.2 Å². The van der Waals surface area contributed by atoms with Crippen LogP contribution in [0, 0.1) is 24.7 Å². The van der Waals surface area contributed by atoms with Crippen LogP contribution in [-0.4, -0.2) is 37.8 Å². The van der Waals surface area contributed by atoms with Crippen molar-refractivity contribution in [3.63, 3.8) is 0 Å². The molecule has 3 nitrogen and oxygen atoms in total. The molecule has 2 aliphatic rings. The van der Waals surface area contributed by atoms with Gasteiger partial charge in [-0.15, -0.1) is 0 Å². The first-order valence-corrected chi connectivity index (χ1v) is 8.45. The van der Waals surface area contributed by atoms with Gasteiger partial charge in [0.1, 0.15) is 5.75 Å². The van der Waals surface area contributed by atoms with E-state index in [0.717, 1.165) is 29.8 Å². The van der Waals surface area contributed by atoms with E-state index in [9.17, 15) is 5.11 Å². The summed E-state index contributed by atoms with van der Waals surface area (Å²) in [6.07, 6.45) is 4.74. The summed E-state index contributed by atoms with van der Waals surface area (Å²) in [5, 5.41) is 11.7. The number of ether oxygens (including phenoxy) is 1. The predicted octanol–water partition coefficient (Wildman–Crippen LogP) is 3.19. The number of nitrogens with zero attached hydrogens (tertiary/aromatic N) is 1. The molecule has 2 aliphatic carbocycles. The number of aryl methyl sites for hydroxylation is 1. The van der Waals surface area contributed by atoms with Crippen molar-refractivity contribution in [3.8, 4) is 5.75 Å². The van der Waals surface area contributed by atoms with Crippen LogP contribution in [0.15, 0.2) is 18.2 Å². The van der Waals surface area contributed by atoms with Crippen LogP contribution in [0.2, 0.25) is 0 Å². The second-order valence-corrected chi connectivity index (χ2v) is 7.68. The van der Waals surface area contributed by atoms with E-state index in [2.05, 4.69) is 32.0 Å². The number of benzene rings is 1. The molecule has 0 heterocycles. The molecule has 0 amide bonds. The SMILES string of the molecule is COc1cc(C)cc([C@@]2(O)CC3CCC(C3)C2CN(C)C)c1. The maximum Gasteiger partial charge on any atom is 0.119 e. The van der Waals surface area contributed by atoms with Gasteiger partial charge in [0.05, 0.1) is 12.7 Å². The number of rotatable bonds is 4. The molecule has 3 rings (SSSR count). The summed E-state index contributed by atoms with van der Waals surface area (Å²) in [5.74, 6) is 2.50. The van der Waals surface area contributed by atoms with E-state index in [4.69, 9.17) is 4.74 Å². The number of fused-ring (bicyclic) bond motifs is 2. The van der Waals surface area contributed by atoms with Crippen molar-refractivity contribution in [1.29, 1.82) is 0 Å². The normalized spacial score (nSPS) is 34.2. The minimum absolute atomic E-state index is 0.313. The van der Waals surface area contributed by atoms with E-state index < -0.39 is 5.60 Å². The minimum atomic E-state index is -0.715. The number of hydrogen-bond acceptors (Lipinski definition) is 3. The fourth-order valence-corrected chi connectivity index (χ4v) is 4.79. The third-order valence-electron chi connectivity index (χ3n) is 5.71. The lowest BCUT2D eigenvalue weighted by atomic mass is 9.65. The molecule has 3 heteroatoms. The van der Waals surface area contributed by atoms with Gasteiger partial charge in [0, 0.05) is 12.5 Å². The van der Waals surface area contributed by atoms with Crippen LogP contribution < -0.4 is 4.74 Å². The van der Waals surface area contributed by atoms with Crippen LogP contribution in [-0.2, 0) is 5.60 Å². The minimum Gasteiger partial charge on any atom is -0.497 e. The van der Waals surface area contributed by atoms with E-state index >= 15 is 0 Å². The third-order valence-corrected chi connectivity index (χ3v) is 5.71. The molecule has 1 aromatic carbocycles. The van der Waals surface area contributed by atoms with Gasteiger partial charge in [-0.25, -0.2) is 0 Å². The van der Waals surface area contributed by atoms with E-state index in [0.29, 0.717) is 17.8 Å². The van der Waals surface area contributed by atoms with Gasteiger partial charge < -0.3 is 14.7 Å². The van der Waals surface area contributed by atoms with Crippen molar-refractivity contribution in [3.05, 3.63) is 29.3 Å². The summed E-state index contributed by atoms with van der Waals surface area (Å²) < 4.78 is 5.44. The third kappa shape index (κ3) is 2.77. The maximum atomic E-state index is 11.7. The Bertz CT molecular complexity index is 542. The van der Waals surface area contributed by atoms with Gasteiger partial charge in [-0.1, -0.05) is 12.5 Å². The Morgan fingerprint density at radius 3 is 2.73 bits per heavy atom. The van der Waals surface area contributed by atoms with Gasteiger partial charge in [0.25, 0.3) is 0 Å². The summed E-state index contributed by atoms with van der Waals surface area (Å²) >= 11 is 0. The summed E-state index contributed by atoms with van der Waals surface area (Å²) in [4.78, 5) is 2.22. The second-order valence-electron chi connectivity index (χ2n) is 7.68. The average Bonchev–Trinajstić information content (AvgIpc) is 2.86. The number of aliphatic hydroxyl groups is 1.